The molecule has 0 saturated carbocycles. The normalized spacial score (nSPS) is 13.9. The van der Waals surface area contributed by atoms with E-state index in [0.29, 0.717) is 30.0 Å². The largest absolute Gasteiger partial charge is 0.416 e. The fourth-order valence-corrected chi connectivity index (χ4v) is 2.27. The first kappa shape index (κ1) is 12.7. The van der Waals surface area contributed by atoms with Gasteiger partial charge in [-0.1, -0.05) is 12.1 Å². The number of nitrogens with zero attached hydrogens (tertiary/aromatic N) is 2. The molecular weight excluding hydrogens is 269 g/mol. The Balaban J connectivity index is 2.15. The van der Waals surface area contributed by atoms with E-state index < -0.39 is 11.7 Å². The summed E-state index contributed by atoms with van der Waals surface area (Å²) in [6.45, 7) is 0.680. The van der Waals surface area contributed by atoms with Crippen LogP contribution in [0.5, 0.6) is 0 Å². The number of hydrogen-bond donors (Lipinski definition) is 2. The van der Waals surface area contributed by atoms with Crippen molar-refractivity contribution in [3.63, 3.8) is 0 Å². The van der Waals surface area contributed by atoms with Crippen LogP contribution < -0.4 is 11.1 Å². The zero-order valence-electron chi connectivity index (χ0n) is 10.3. The monoisotopic (exact) mass is 280 g/mol. The van der Waals surface area contributed by atoms with Gasteiger partial charge in [0, 0.05) is 17.7 Å². The lowest BCUT2D eigenvalue weighted by Gasteiger charge is -2.11. The van der Waals surface area contributed by atoms with Crippen LogP contribution in [-0.2, 0) is 12.6 Å². The molecule has 0 spiro atoms. The van der Waals surface area contributed by atoms with Crippen molar-refractivity contribution in [2.75, 3.05) is 17.6 Å². The Labute approximate surface area is 112 Å². The third-order valence-electron chi connectivity index (χ3n) is 3.16. The zero-order chi connectivity index (χ0) is 14.3. The number of alkyl halides is 3. The Morgan fingerprint density at radius 1 is 1.20 bits per heavy atom. The summed E-state index contributed by atoms with van der Waals surface area (Å²) in [6.07, 6.45) is -3.71. The van der Waals surface area contributed by atoms with Gasteiger partial charge in [0.05, 0.1) is 11.3 Å². The molecule has 1 aromatic heterocycles. The van der Waals surface area contributed by atoms with Crippen LogP contribution in [0, 0.1) is 0 Å². The van der Waals surface area contributed by atoms with Gasteiger partial charge in [-0.2, -0.15) is 18.2 Å². The topological polar surface area (TPSA) is 63.8 Å². The highest BCUT2D eigenvalue weighted by Crippen LogP contribution is 2.35. The van der Waals surface area contributed by atoms with Gasteiger partial charge in [-0.3, -0.25) is 0 Å². The number of rotatable bonds is 1. The van der Waals surface area contributed by atoms with Crippen molar-refractivity contribution in [2.24, 2.45) is 0 Å². The summed E-state index contributed by atoms with van der Waals surface area (Å²) in [4.78, 5) is 8.14. The second kappa shape index (κ2) is 4.36. The van der Waals surface area contributed by atoms with Crippen LogP contribution in [0.1, 0.15) is 11.1 Å². The molecule has 0 unspecified atom stereocenters. The highest BCUT2D eigenvalue weighted by atomic mass is 19.4. The molecule has 2 heterocycles. The van der Waals surface area contributed by atoms with Crippen molar-refractivity contribution < 1.29 is 13.2 Å². The fraction of sp³-hybridized carbons (Fsp3) is 0.231. The Kier molecular flexibility index (Phi) is 2.77. The Bertz CT molecular complexity index is 667. The van der Waals surface area contributed by atoms with Crippen molar-refractivity contribution in [3.8, 4) is 11.3 Å². The lowest BCUT2D eigenvalue weighted by molar-refractivity contribution is -0.137. The maximum atomic E-state index is 12.8. The van der Waals surface area contributed by atoms with Gasteiger partial charge < -0.3 is 11.1 Å². The molecule has 20 heavy (non-hydrogen) atoms. The quantitative estimate of drug-likeness (QED) is 0.843. The number of hydrogen-bond acceptors (Lipinski definition) is 4. The van der Waals surface area contributed by atoms with Gasteiger partial charge in [0.2, 0.25) is 5.95 Å². The van der Waals surface area contributed by atoms with Gasteiger partial charge in [-0.15, -0.1) is 0 Å². The third kappa shape index (κ3) is 2.15. The predicted octanol–water partition coefficient (Wildman–Crippen LogP) is 2.71. The van der Waals surface area contributed by atoms with Gasteiger partial charge in [0.15, 0.2) is 0 Å². The summed E-state index contributed by atoms with van der Waals surface area (Å²) in [6, 6.07) is 5.08. The number of halogens is 3. The summed E-state index contributed by atoms with van der Waals surface area (Å²) in [5.74, 6) is 0.649. The summed E-state index contributed by atoms with van der Waals surface area (Å²) in [7, 11) is 0. The van der Waals surface area contributed by atoms with Crippen LogP contribution in [0.4, 0.5) is 24.9 Å². The first-order valence-electron chi connectivity index (χ1n) is 6.03. The molecule has 1 aliphatic rings. The van der Waals surface area contributed by atoms with Crippen LogP contribution in [-0.4, -0.2) is 16.5 Å². The molecule has 2 aromatic rings. The first-order chi connectivity index (χ1) is 9.45. The summed E-state index contributed by atoms with van der Waals surface area (Å²) < 4.78 is 38.3. The molecule has 1 aromatic carbocycles. The Morgan fingerprint density at radius 3 is 2.75 bits per heavy atom. The van der Waals surface area contributed by atoms with E-state index >= 15 is 0 Å². The standard InChI is InChI=1S/C13H11F3N4/c14-13(15,16)8-3-1-2-7(6-8)10-9-4-5-18-11(9)20-12(17)19-10/h1-3,6H,4-5H2,(H3,17,18,19,20). The van der Waals surface area contributed by atoms with Gasteiger partial charge >= 0.3 is 6.18 Å². The molecule has 0 fully saturated rings. The van der Waals surface area contributed by atoms with E-state index in [4.69, 9.17) is 5.73 Å². The average Bonchev–Trinajstić information content (AvgIpc) is 2.85. The molecule has 4 nitrogen and oxygen atoms in total. The number of nitrogens with one attached hydrogen (secondary N) is 1. The molecule has 3 rings (SSSR count). The first-order valence-corrected chi connectivity index (χ1v) is 6.03. The SMILES string of the molecule is Nc1nc2c(c(-c3cccc(C(F)(F)F)c3)n1)CCN2. The minimum absolute atomic E-state index is 0.0468. The van der Waals surface area contributed by atoms with Crippen molar-refractivity contribution >= 4 is 11.8 Å². The number of anilines is 2. The number of aromatic nitrogens is 2. The predicted molar refractivity (Wildman–Crippen MR) is 69.1 cm³/mol. The number of benzene rings is 1. The minimum Gasteiger partial charge on any atom is -0.369 e. The molecule has 0 saturated heterocycles. The molecule has 0 radical (unpaired) electrons. The lowest BCUT2D eigenvalue weighted by Crippen LogP contribution is -2.05. The van der Waals surface area contributed by atoms with E-state index in [2.05, 4.69) is 15.3 Å². The summed E-state index contributed by atoms with van der Waals surface area (Å²) in [5.41, 5.74) is 6.57. The smallest absolute Gasteiger partial charge is 0.369 e. The van der Waals surface area contributed by atoms with Gasteiger partial charge in [-0.25, -0.2) is 4.98 Å². The molecule has 3 N–H and O–H groups in total. The third-order valence-corrected chi connectivity index (χ3v) is 3.16. The number of fused-ring (bicyclic) bond motifs is 1. The van der Waals surface area contributed by atoms with E-state index in [1.54, 1.807) is 6.07 Å². The second-order valence-electron chi connectivity index (χ2n) is 4.51. The maximum absolute atomic E-state index is 12.8. The molecule has 0 aliphatic carbocycles. The van der Waals surface area contributed by atoms with E-state index in [-0.39, 0.29) is 5.95 Å². The van der Waals surface area contributed by atoms with Crippen LogP contribution in [0.3, 0.4) is 0 Å². The van der Waals surface area contributed by atoms with Crippen LogP contribution in [0.15, 0.2) is 24.3 Å². The second-order valence-corrected chi connectivity index (χ2v) is 4.51. The molecule has 1 aliphatic heterocycles. The molecular formula is C13H11F3N4. The maximum Gasteiger partial charge on any atom is 0.416 e. The van der Waals surface area contributed by atoms with E-state index in [0.717, 1.165) is 17.7 Å². The van der Waals surface area contributed by atoms with E-state index in [1.807, 2.05) is 0 Å². The molecule has 0 bridgehead atoms. The minimum atomic E-state index is -4.38. The van der Waals surface area contributed by atoms with Gasteiger partial charge in [-0.05, 0) is 18.6 Å². The molecule has 0 atom stereocenters. The van der Waals surface area contributed by atoms with Crippen molar-refractivity contribution in [2.45, 2.75) is 12.6 Å². The van der Waals surface area contributed by atoms with Crippen molar-refractivity contribution in [1.29, 1.82) is 0 Å². The zero-order valence-corrected chi connectivity index (χ0v) is 10.3. The van der Waals surface area contributed by atoms with E-state index in [1.165, 1.54) is 6.07 Å². The number of nitrogens with two attached hydrogens (primary N) is 1. The van der Waals surface area contributed by atoms with Gasteiger partial charge in [0.25, 0.3) is 0 Å². The highest BCUT2D eigenvalue weighted by molar-refractivity contribution is 5.72. The van der Waals surface area contributed by atoms with Crippen LogP contribution in [0.25, 0.3) is 11.3 Å². The van der Waals surface area contributed by atoms with Crippen LogP contribution >= 0.6 is 0 Å². The summed E-state index contributed by atoms with van der Waals surface area (Å²) in [5, 5.41) is 3.04. The molecule has 7 heteroatoms. The molecule has 104 valence electrons. The van der Waals surface area contributed by atoms with Gasteiger partial charge in [0.1, 0.15) is 5.82 Å². The Morgan fingerprint density at radius 2 is 2.00 bits per heavy atom. The lowest BCUT2D eigenvalue weighted by atomic mass is 10.0. The van der Waals surface area contributed by atoms with Crippen molar-refractivity contribution in [1.82, 2.24) is 9.97 Å². The van der Waals surface area contributed by atoms with E-state index in [9.17, 15) is 13.2 Å². The molecule has 0 amide bonds. The van der Waals surface area contributed by atoms with Crippen molar-refractivity contribution in [3.05, 3.63) is 35.4 Å². The average molecular weight is 280 g/mol. The highest BCUT2D eigenvalue weighted by Gasteiger charge is 2.31. The summed E-state index contributed by atoms with van der Waals surface area (Å²) >= 11 is 0. The fourth-order valence-electron chi connectivity index (χ4n) is 2.27. The van der Waals surface area contributed by atoms with Crippen LogP contribution in [0.2, 0.25) is 0 Å². The Hall–Kier alpha value is -2.31. The number of nitrogen functional groups attached to an aromatic ring is 1.